The monoisotopic (exact) mass is 144 g/mol. The summed E-state index contributed by atoms with van der Waals surface area (Å²) in [5.41, 5.74) is 0. The number of aliphatic hydroxyl groups is 1. The van der Waals surface area contributed by atoms with Crippen LogP contribution in [0.15, 0.2) is 0 Å². The van der Waals surface area contributed by atoms with Crippen molar-refractivity contribution < 1.29 is 14.6 Å². The smallest absolute Gasteiger partial charge is 0.148 e. The summed E-state index contributed by atoms with van der Waals surface area (Å²) in [7, 11) is 0. The van der Waals surface area contributed by atoms with Crippen molar-refractivity contribution in [1.29, 1.82) is 0 Å². The van der Waals surface area contributed by atoms with Gasteiger partial charge in [0.15, 0.2) is 0 Å². The second-order valence-corrected chi connectivity index (χ2v) is 2.75. The van der Waals surface area contributed by atoms with Crippen LogP contribution in [0.3, 0.4) is 0 Å². The summed E-state index contributed by atoms with van der Waals surface area (Å²) < 4.78 is 5.18. The Labute approximate surface area is 60.0 Å². The molecule has 0 saturated carbocycles. The minimum absolute atomic E-state index is 0.0129. The molecule has 1 fully saturated rings. The number of aliphatic hydroxyl groups excluding tert-OH is 1. The van der Waals surface area contributed by atoms with E-state index in [1.54, 1.807) is 0 Å². The highest BCUT2D eigenvalue weighted by Crippen LogP contribution is 2.17. The van der Waals surface area contributed by atoms with Crippen molar-refractivity contribution in [2.24, 2.45) is 0 Å². The van der Waals surface area contributed by atoms with Crippen LogP contribution < -0.4 is 0 Å². The summed E-state index contributed by atoms with van der Waals surface area (Å²) in [6, 6.07) is 0. The van der Waals surface area contributed by atoms with Crippen molar-refractivity contribution in [2.75, 3.05) is 0 Å². The van der Waals surface area contributed by atoms with Crippen LogP contribution >= 0.6 is 0 Å². The molecular formula is C7H12O3. The van der Waals surface area contributed by atoms with Gasteiger partial charge in [0, 0.05) is 6.42 Å². The van der Waals surface area contributed by atoms with E-state index in [1.807, 2.05) is 6.92 Å². The molecule has 3 unspecified atom stereocenters. The van der Waals surface area contributed by atoms with Gasteiger partial charge in [-0.2, -0.15) is 0 Å². The summed E-state index contributed by atoms with van der Waals surface area (Å²) >= 11 is 0. The normalized spacial score (nSPS) is 41.2. The Balaban J connectivity index is 2.42. The molecule has 0 radical (unpaired) electrons. The van der Waals surface area contributed by atoms with E-state index >= 15 is 0 Å². The molecule has 1 aliphatic heterocycles. The van der Waals surface area contributed by atoms with Crippen molar-refractivity contribution in [3.05, 3.63) is 0 Å². The summed E-state index contributed by atoms with van der Waals surface area (Å²) in [6.07, 6.45) is 1.11. The number of hydrogen-bond donors (Lipinski definition) is 1. The molecule has 1 saturated heterocycles. The number of ether oxygens (including phenoxy) is 1. The molecule has 0 bridgehead atoms. The summed E-state index contributed by atoms with van der Waals surface area (Å²) in [6.45, 7) is 1.86. The molecule has 0 spiro atoms. The van der Waals surface area contributed by atoms with Crippen molar-refractivity contribution >= 4 is 6.29 Å². The van der Waals surface area contributed by atoms with Crippen LogP contribution in [0.4, 0.5) is 0 Å². The van der Waals surface area contributed by atoms with Gasteiger partial charge in [0.25, 0.3) is 0 Å². The van der Waals surface area contributed by atoms with E-state index in [0.717, 1.165) is 6.29 Å². The first-order valence-corrected chi connectivity index (χ1v) is 3.51. The van der Waals surface area contributed by atoms with Crippen LogP contribution in [0.2, 0.25) is 0 Å². The first-order valence-electron chi connectivity index (χ1n) is 3.51. The average molecular weight is 144 g/mol. The third kappa shape index (κ3) is 1.78. The van der Waals surface area contributed by atoms with E-state index in [-0.39, 0.29) is 12.2 Å². The second kappa shape index (κ2) is 3.12. The fourth-order valence-corrected chi connectivity index (χ4v) is 1.24. The standard InChI is InChI=1S/C7H12O3/c1-5-2-6(9)3-7(4-8)10-5/h4-7,9H,2-3H2,1H3. The number of rotatable bonds is 1. The molecule has 1 N–H and O–H groups in total. The highest BCUT2D eigenvalue weighted by atomic mass is 16.5. The lowest BCUT2D eigenvalue weighted by atomic mass is 10.0. The molecule has 0 aromatic carbocycles. The third-order valence-corrected chi connectivity index (χ3v) is 1.67. The Morgan fingerprint density at radius 3 is 2.80 bits per heavy atom. The zero-order valence-electron chi connectivity index (χ0n) is 5.99. The van der Waals surface area contributed by atoms with Crippen LogP contribution in [-0.2, 0) is 9.53 Å². The van der Waals surface area contributed by atoms with Crippen molar-refractivity contribution in [3.8, 4) is 0 Å². The van der Waals surface area contributed by atoms with Crippen LogP contribution in [0.5, 0.6) is 0 Å². The van der Waals surface area contributed by atoms with Gasteiger partial charge < -0.3 is 14.6 Å². The molecule has 1 heterocycles. The minimum atomic E-state index is -0.390. The van der Waals surface area contributed by atoms with Crippen LogP contribution in [0.1, 0.15) is 19.8 Å². The predicted molar refractivity (Wildman–Crippen MR) is 35.6 cm³/mol. The molecule has 0 aromatic rings. The Morgan fingerprint density at radius 1 is 1.60 bits per heavy atom. The zero-order valence-corrected chi connectivity index (χ0v) is 5.99. The minimum Gasteiger partial charge on any atom is -0.393 e. The van der Waals surface area contributed by atoms with Gasteiger partial charge in [-0.25, -0.2) is 0 Å². The van der Waals surface area contributed by atoms with E-state index < -0.39 is 6.10 Å². The van der Waals surface area contributed by atoms with Gasteiger partial charge >= 0.3 is 0 Å². The number of carbonyl (C=O) groups excluding carboxylic acids is 1. The molecule has 0 aromatic heterocycles. The average Bonchev–Trinajstić information content (AvgIpc) is 1.85. The van der Waals surface area contributed by atoms with Gasteiger partial charge in [-0.15, -0.1) is 0 Å². The van der Waals surface area contributed by atoms with Crippen LogP contribution in [-0.4, -0.2) is 29.7 Å². The Hall–Kier alpha value is -0.410. The summed E-state index contributed by atoms with van der Waals surface area (Å²) in [5, 5.41) is 9.14. The summed E-state index contributed by atoms with van der Waals surface area (Å²) in [4.78, 5) is 10.2. The van der Waals surface area contributed by atoms with E-state index in [9.17, 15) is 4.79 Å². The molecule has 1 rings (SSSR count). The molecule has 3 heteroatoms. The van der Waals surface area contributed by atoms with Crippen molar-refractivity contribution in [3.63, 3.8) is 0 Å². The number of aldehydes is 1. The maximum Gasteiger partial charge on any atom is 0.148 e. The Kier molecular flexibility index (Phi) is 2.40. The molecule has 58 valence electrons. The molecule has 0 amide bonds. The van der Waals surface area contributed by atoms with Crippen molar-refractivity contribution in [1.82, 2.24) is 0 Å². The van der Waals surface area contributed by atoms with Crippen molar-refractivity contribution in [2.45, 2.75) is 38.1 Å². The van der Waals surface area contributed by atoms with Gasteiger partial charge in [-0.1, -0.05) is 0 Å². The first kappa shape index (κ1) is 7.69. The second-order valence-electron chi connectivity index (χ2n) is 2.75. The van der Waals surface area contributed by atoms with Crippen LogP contribution in [0, 0.1) is 0 Å². The molecule has 0 aliphatic carbocycles. The largest absolute Gasteiger partial charge is 0.393 e. The molecule has 3 atom stereocenters. The Morgan fingerprint density at radius 2 is 2.30 bits per heavy atom. The van der Waals surface area contributed by atoms with Gasteiger partial charge in [0.2, 0.25) is 0 Å². The number of hydrogen-bond acceptors (Lipinski definition) is 3. The van der Waals surface area contributed by atoms with E-state index in [0.29, 0.717) is 12.8 Å². The highest BCUT2D eigenvalue weighted by molar-refractivity contribution is 5.56. The molecule has 3 nitrogen and oxygen atoms in total. The quantitative estimate of drug-likeness (QED) is 0.531. The Bertz CT molecular complexity index is 114. The predicted octanol–water partition coefficient (Wildman–Crippen LogP) is 0.114. The third-order valence-electron chi connectivity index (χ3n) is 1.67. The maximum atomic E-state index is 10.2. The number of carbonyl (C=O) groups is 1. The van der Waals surface area contributed by atoms with E-state index in [4.69, 9.17) is 9.84 Å². The fourth-order valence-electron chi connectivity index (χ4n) is 1.24. The lowest BCUT2D eigenvalue weighted by Gasteiger charge is -2.27. The van der Waals surface area contributed by atoms with Gasteiger partial charge in [-0.3, -0.25) is 0 Å². The van der Waals surface area contributed by atoms with Gasteiger partial charge in [-0.05, 0) is 13.3 Å². The van der Waals surface area contributed by atoms with E-state index in [1.165, 1.54) is 0 Å². The molecule has 1 aliphatic rings. The topological polar surface area (TPSA) is 46.5 Å². The zero-order chi connectivity index (χ0) is 7.56. The van der Waals surface area contributed by atoms with Crippen LogP contribution in [0.25, 0.3) is 0 Å². The van der Waals surface area contributed by atoms with Gasteiger partial charge in [0.1, 0.15) is 12.4 Å². The molecular weight excluding hydrogens is 132 g/mol. The van der Waals surface area contributed by atoms with Gasteiger partial charge in [0.05, 0.1) is 12.2 Å². The summed E-state index contributed by atoms with van der Waals surface area (Å²) in [5.74, 6) is 0. The maximum absolute atomic E-state index is 10.2. The lowest BCUT2D eigenvalue weighted by molar-refractivity contribution is -0.133. The van der Waals surface area contributed by atoms with E-state index in [2.05, 4.69) is 0 Å². The molecule has 10 heavy (non-hydrogen) atoms. The highest BCUT2D eigenvalue weighted by Gasteiger charge is 2.24. The lowest BCUT2D eigenvalue weighted by Crippen LogP contribution is -2.34. The SMILES string of the molecule is CC1CC(O)CC(C=O)O1. The fraction of sp³-hybridized carbons (Fsp3) is 0.857. The first-order chi connectivity index (χ1) is 4.72.